The first-order valence-corrected chi connectivity index (χ1v) is 5.50. The minimum atomic E-state index is -0.866. The minimum absolute atomic E-state index is 0.347. The molecule has 0 amide bonds. The van der Waals surface area contributed by atoms with Crippen molar-refractivity contribution in [2.24, 2.45) is 4.99 Å². The number of aliphatic imine (C=N–C) groups is 1. The number of halogens is 1. The van der Waals surface area contributed by atoms with Crippen LogP contribution in [-0.2, 0) is 0 Å². The van der Waals surface area contributed by atoms with Gasteiger partial charge < -0.3 is 4.90 Å². The van der Waals surface area contributed by atoms with Gasteiger partial charge in [0.15, 0.2) is 11.6 Å². The molecule has 6 nitrogen and oxygen atoms in total. The van der Waals surface area contributed by atoms with Crippen molar-refractivity contribution in [1.29, 1.82) is 0 Å². The maximum absolute atomic E-state index is 13.7. The fourth-order valence-electron chi connectivity index (χ4n) is 1.16. The minimum Gasteiger partial charge on any atom is -0.369 e. The predicted molar refractivity (Wildman–Crippen MR) is 70.4 cm³/mol. The van der Waals surface area contributed by atoms with E-state index in [0.29, 0.717) is 10.1 Å². The standard InChI is InChI=1S/C12H15FN4O2/c1-8(2)5-10(18)17-6-9(13)11(15-12(17)19)14-7-16(3)4/h5-7H,1-4H3. The Bertz CT molecular complexity index is 598. The Balaban J connectivity index is 3.21. The topological polar surface area (TPSA) is 67.6 Å². The van der Waals surface area contributed by atoms with Crippen LogP contribution in [0.2, 0.25) is 0 Å². The highest BCUT2D eigenvalue weighted by Gasteiger charge is 2.11. The molecule has 0 atom stereocenters. The molecule has 1 heterocycles. The Labute approximate surface area is 109 Å². The van der Waals surface area contributed by atoms with Crippen molar-refractivity contribution in [2.75, 3.05) is 14.1 Å². The molecular formula is C12H15FN4O2. The molecule has 0 aromatic carbocycles. The molecule has 0 aliphatic heterocycles. The quantitative estimate of drug-likeness (QED) is 0.468. The van der Waals surface area contributed by atoms with Crippen LogP contribution in [0.15, 0.2) is 27.6 Å². The lowest BCUT2D eigenvalue weighted by molar-refractivity contribution is 0.0961. The highest BCUT2D eigenvalue weighted by molar-refractivity contribution is 5.90. The second-order valence-corrected chi connectivity index (χ2v) is 4.33. The zero-order valence-corrected chi connectivity index (χ0v) is 11.2. The largest absolute Gasteiger partial charge is 0.369 e. The van der Waals surface area contributed by atoms with Crippen LogP contribution in [0.5, 0.6) is 0 Å². The normalized spacial score (nSPS) is 10.6. The lowest BCUT2D eigenvalue weighted by Crippen LogP contribution is -2.28. The van der Waals surface area contributed by atoms with Crippen molar-refractivity contribution in [1.82, 2.24) is 14.5 Å². The molecule has 0 radical (unpaired) electrons. The van der Waals surface area contributed by atoms with E-state index in [4.69, 9.17) is 0 Å². The van der Waals surface area contributed by atoms with Gasteiger partial charge >= 0.3 is 5.69 Å². The first-order valence-electron chi connectivity index (χ1n) is 5.50. The summed E-state index contributed by atoms with van der Waals surface area (Å²) in [5, 5.41) is 0. The molecule has 1 aromatic rings. The average molecular weight is 266 g/mol. The summed E-state index contributed by atoms with van der Waals surface area (Å²) in [6.07, 6.45) is 3.33. The number of aromatic nitrogens is 2. The lowest BCUT2D eigenvalue weighted by atomic mass is 10.3. The summed E-state index contributed by atoms with van der Waals surface area (Å²) in [5.74, 6) is -1.83. The van der Waals surface area contributed by atoms with Crippen molar-refractivity contribution in [3.8, 4) is 0 Å². The summed E-state index contributed by atoms with van der Waals surface area (Å²) in [4.78, 5) is 31.9. The molecule has 1 aromatic heterocycles. The van der Waals surface area contributed by atoms with Crippen LogP contribution < -0.4 is 5.69 Å². The van der Waals surface area contributed by atoms with Crippen LogP contribution in [0.1, 0.15) is 18.6 Å². The summed E-state index contributed by atoms with van der Waals surface area (Å²) in [6, 6.07) is 0. The van der Waals surface area contributed by atoms with Crippen molar-refractivity contribution in [3.05, 3.63) is 34.1 Å². The number of rotatable bonds is 3. The Morgan fingerprint density at radius 2 is 2.11 bits per heavy atom. The van der Waals surface area contributed by atoms with Crippen LogP contribution in [-0.4, -0.2) is 40.8 Å². The number of carbonyl (C=O) groups excluding carboxylic acids is 1. The predicted octanol–water partition coefficient (Wildman–Crippen LogP) is 1.21. The number of nitrogens with zero attached hydrogens (tertiary/aromatic N) is 4. The molecule has 0 aliphatic rings. The lowest BCUT2D eigenvalue weighted by Gasteiger charge is -2.04. The maximum atomic E-state index is 13.7. The van der Waals surface area contributed by atoms with E-state index in [1.54, 1.807) is 32.8 Å². The van der Waals surface area contributed by atoms with Gasteiger partial charge in [0.05, 0.1) is 12.5 Å². The fraction of sp³-hybridized carbons (Fsp3) is 0.333. The molecular weight excluding hydrogens is 251 g/mol. The molecule has 0 saturated heterocycles. The van der Waals surface area contributed by atoms with E-state index in [9.17, 15) is 14.0 Å². The molecule has 0 unspecified atom stereocenters. The Morgan fingerprint density at radius 1 is 1.47 bits per heavy atom. The first kappa shape index (κ1) is 14.7. The monoisotopic (exact) mass is 266 g/mol. The number of allylic oxidation sites excluding steroid dienone is 2. The van der Waals surface area contributed by atoms with Gasteiger partial charge in [0.25, 0.3) is 5.91 Å². The molecule has 0 saturated carbocycles. The van der Waals surface area contributed by atoms with Crippen molar-refractivity contribution in [3.63, 3.8) is 0 Å². The molecule has 1 rings (SSSR count). The molecule has 102 valence electrons. The van der Waals surface area contributed by atoms with E-state index in [1.165, 1.54) is 12.4 Å². The van der Waals surface area contributed by atoms with Gasteiger partial charge in [0, 0.05) is 20.2 Å². The molecule has 0 aliphatic carbocycles. The van der Waals surface area contributed by atoms with Crippen LogP contribution in [0.3, 0.4) is 0 Å². The van der Waals surface area contributed by atoms with Gasteiger partial charge in [-0.1, -0.05) is 5.57 Å². The first-order chi connectivity index (χ1) is 8.81. The zero-order chi connectivity index (χ0) is 14.6. The van der Waals surface area contributed by atoms with Gasteiger partial charge in [-0.2, -0.15) is 4.98 Å². The van der Waals surface area contributed by atoms with E-state index in [-0.39, 0.29) is 5.82 Å². The maximum Gasteiger partial charge on any atom is 0.356 e. The van der Waals surface area contributed by atoms with Gasteiger partial charge in [-0.05, 0) is 13.8 Å². The van der Waals surface area contributed by atoms with Crippen molar-refractivity contribution in [2.45, 2.75) is 13.8 Å². The molecule has 0 bridgehead atoms. The summed E-state index contributed by atoms with van der Waals surface area (Å²) in [7, 11) is 3.39. The van der Waals surface area contributed by atoms with Crippen molar-refractivity contribution < 1.29 is 9.18 Å². The van der Waals surface area contributed by atoms with Crippen LogP contribution in [0, 0.1) is 5.82 Å². The van der Waals surface area contributed by atoms with E-state index in [2.05, 4.69) is 9.98 Å². The third-order valence-electron chi connectivity index (χ3n) is 1.92. The molecule has 19 heavy (non-hydrogen) atoms. The van der Waals surface area contributed by atoms with E-state index in [1.807, 2.05) is 0 Å². The SMILES string of the molecule is CC(C)=CC(=O)n1cc(F)c(N=CN(C)C)nc1=O. The van der Waals surface area contributed by atoms with E-state index >= 15 is 0 Å². The van der Waals surface area contributed by atoms with Crippen LogP contribution in [0.4, 0.5) is 10.2 Å². The van der Waals surface area contributed by atoms with E-state index in [0.717, 1.165) is 6.20 Å². The molecule has 0 fully saturated rings. The summed E-state index contributed by atoms with van der Waals surface area (Å²) >= 11 is 0. The van der Waals surface area contributed by atoms with Gasteiger partial charge in [-0.15, -0.1) is 0 Å². The second kappa shape index (κ2) is 6.03. The second-order valence-electron chi connectivity index (χ2n) is 4.33. The van der Waals surface area contributed by atoms with Crippen molar-refractivity contribution >= 4 is 18.1 Å². The average Bonchev–Trinajstić information content (AvgIpc) is 2.28. The highest BCUT2D eigenvalue weighted by Crippen LogP contribution is 2.10. The van der Waals surface area contributed by atoms with Crippen LogP contribution in [0.25, 0.3) is 0 Å². The summed E-state index contributed by atoms with van der Waals surface area (Å²) in [5.41, 5.74) is -0.165. The van der Waals surface area contributed by atoms with Gasteiger partial charge in [0.2, 0.25) is 0 Å². The molecule has 0 N–H and O–H groups in total. The van der Waals surface area contributed by atoms with Gasteiger partial charge in [-0.3, -0.25) is 4.79 Å². The zero-order valence-electron chi connectivity index (χ0n) is 11.2. The van der Waals surface area contributed by atoms with Crippen LogP contribution >= 0.6 is 0 Å². The Kier molecular flexibility index (Phi) is 4.68. The third-order valence-corrected chi connectivity index (χ3v) is 1.92. The fourth-order valence-corrected chi connectivity index (χ4v) is 1.16. The summed E-state index contributed by atoms with van der Waals surface area (Å²) in [6.45, 7) is 3.39. The summed E-state index contributed by atoms with van der Waals surface area (Å²) < 4.78 is 14.3. The smallest absolute Gasteiger partial charge is 0.356 e. The Hall–Kier alpha value is -2.31. The Morgan fingerprint density at radius 3 is 2.63 bits per heavy atom. The highest BCUT2D eigenvalue weighted by atomic mass is 19.1. The molecule has 0 spiro atoms. The van der Waals surface area contributed by atoms with Gasteiger partial charge in [-0.25, -0.2) is 18.7 Å². The number of hydrogen-bond donors (Lipinski definition) is 0. The molecule has 7 heteroatoms. The third kappa shape index (κ3) is 4.13. The number of hydrogen-bond acceptors (Lipinski definition) is 4. The van der Waals surface area contributed by atoms with E-state index < -0.39 is 17.4 Å². The van der Waals surface area contributed by atoms with Gasteiger partial charge in [0.1, 0.15) is 0 Å². The number of carbonyl (C=O) groups is 1.